The maximum Gasteiger partial charge on any atom is 0.304 e. The Morgan fingerprint density at radius 1 is 1.61 bits per heavy atom. The zero-order chi connectivity index (χ0) is 13.9. The van der Waals surface area contributed by atoms with E-state index in [4.69, 9.17) is 0 Å². The quantitative estimate of drug-likeness (QED) is 0.644. The Morgan fingerprint density at radius 2 is 2.22 bits per heavy atom. The lowest BCUT2D eigenvalue weighted by atomic mass is 10.3. The molecule has 0 aliphatic heterocycles. The molecule has 102 valence electrons. The van der Waals surface area contributed by atoms with Crippen molar-refractivity contribution in [2.75, 3.05) is 24.0 Å². The van der Waals surface area contributed by atoms with Gasteiger partial charge in [0.15, 0.2) is 5.00 Å². The van der Waals surface area contributed by atoms with Gasteiger partial charge in [-0.2, -0.15) is 11.8 Å². The summed E-state index contributed by atoms with van der Waals surface area (Å²) in [7, 11) is 1.85. The van der Waals surface area contributed by atoms with E-state index in [1.165, 1.54) is 17.4 Å². The van der Waals surface area contributed by atoms with Crippen LogP contribution in [0.25, 0.3) is 0 Å². The first-order valence-electron chi connectivity index (χ1n) is 5.56. The number of nitro groups is 1. The van der Waals surface area contributed by atoms with Gasteiger partial charge in [-0.3, -0.25) is 10.1 Å². The van der Waals surface area contributed by atoms with Crippen molar-refractivity contribution in [3.8, 4) is 0 Å². The molecular formula is C11H18N2O3S2. The third kappa shape index (κ3) is 3.37. The van der Waals surface area contributed by atoms with Gasteiger partial charge < -0.3 is 10.0 Å². The Kier molecular flexibility index (Phi) is 5.43. The number of thiophene rings is 1. The van der Waals surface area contributed by atoms with Crippen LogP contribution >= 0.6 is 23.1 Å². The minimum Gasteiger partial charge on any atom is -0.388 e. The highest BCUT2D eigenvalue weighted by molar-refractivity contribution is 7.98. The van der Waals surface area contributed by atoms with Gasteiger partial charge in [0.2, 0.25) is 0 Å². The smallest absolute Gasteiger partial charge is 0.304 e. The van der Waals surface area contributed by atoms with Crippen LogP contribution in [0.1, 0.15) is 24.8 Å². The summed E-state index contributed by atoms with van der Waals surface area (Å²) in [4.78, 5) is 13.2. The van der Waals surface area contributed by atoms with E-state index in [0.29, 0.717) is 9.88 Å². The Labute approximate surface area is 115 Å². The fourth-order valence-electron chi connectivity index (χ4n) is 1.53. The van der Waals surface area contributed by atoms with Crippen molar-refractivity contribution in [3.63, 3.8) is 0 Å². The second kappa shape index (κ2) is 6.40. The first-order chi connectivity index (χ1) is 8.38. The molecule has 1 aromatic heterocycles. The first-order valence-corrected chi connectivity index (χ1v) is 7.77. The summed E-state index contributed by atoms with van der Waals surface area (Å²) < 4.78 is 0. The van der Waals surface area contributed by atoms with Crippen LogP contribution in [0.4, 0.5) is 10.7 Å². The second-order valence-corrected chi connectivity index (χ2v) is 6.16. The van der Waals surface area contributed by atoms with Crippen LogP contribution in [-0.2, 0) is 0 Å². The molecule has 0 amide bonds. The monoisotopic (exact) mass is 290 g/mol. The molecule has 7 heteroatoms. The SMILES string of the molecule is CSCC(C)N(C)c1sc([C@H](C)O)cc1[N+](=O)[O-]. The number of aliphatic hydroxyl groups excluding tert-OH is 1. The molecule has 0 saturated carbocycles. The van der Waals surface area contributed by atoms with Crippen LogP contribution < -0.4 is 4.90 Å². The molecule has 1 rings (SSSR count). The highest BCUT2D eigenvalue weighted by Crippen LogP contribution is 2.40. The van der Waals surface area contributed by atoms with E-state index in [1.54, 1.807) is 18.7 Å². The molecule has 1 heterocycles. The van der Waals surface area contributed by atoms with Gasteiger partial charge in [-0.15, -0.1) is 11.3 Å². The molecule has 0 bridgehead atoms. The Balaban J connectivity index is 3.09. The average Bonchev–Trinajstić information content (AvgIpc) is 2.73. The largest absolute Gasteiger partial charge is 0.388 e. The summed E-state index contributed by atoms with van der Waals surface area (Å²) in [6, 6.07) is 1.67. The zero-order valence-corrected chi connectivity index (χ0v) is 12.5. The lowest BCUT2D eigenvalue weighted by Gasteiger charge is -2.24. The molecule has 0 aromatic carbocycles. The van der Waals surface area contributed by atoms with Crippen LogP contribution in [0.15, 0.2) is 6.07 Å². The molecule has 18 heavy (non-hydrogen) atoms. The molecule has 0 aliphatic carbocycles. The van der Waals surface area contributed by atoms with E-state index in [9.17, 15) is 15.2 Å². The van der Waals surface area contributed by atoms with Gasteiger partial charge in [-0.05, 0) is 20.1 Å². The predicted octanol–water partition coefficient (Wildman–Crippen LogP) is 2.90. The van der Waals surface area contributed by atoms with Gasteiger partial charge in [0, 0.05) is 29.8 Å². The summed E-state index contributed by atoms with van der Waals surface area (Å²) >= 11 is 2.99. The number of hydrogen-bond donors (Lipinski definition) is 1. The van der Waals surface area contributed by atoms with Crippen LogP contribution in [0.2, 0.25) is 0 Å². The maximum atomic E-state index is 11.0. The summed E-state index contributed by atoms with van der Waals surface area (Å²) in [5.74, 6) is 0.898. The van der Waals surface area contributed by atoms with Gasteiger partial charge >= 0.3 is 5.69 Å². The summed E-state index contributed by atoms with van der Waals surface area (Å²) in [5.41, 5.74) is 0.0753. The fraction of sp³-hybridized carbons (Fsp3) is 0.636. The fourth-order valence-corrected chi connectivity index (χ4v) is 3.36. The van der Waals surface area contributed by atoms with E-state index < -0.39 is 6.10 Å². The lowest BCUT2D eigenvalue weighted by Crippen LogP contribution is -2.30. The van der Waals surface area contributed by atoms with E-state index >= 15 is 0 Å². The third-order valence-electron chi connectivity index (χ3n) is 2.71. The van der Waals surface area contributed by atoms with Gasteiger partial charge in [0.1, 0.15) is 0 Å². The van der Waals surface area contributed by atoms with Crippen LogP contribution in [0, 0.1) is 10.1 Å². The van der Waals surface area contributed by atoms with Crippen molar-refractivity contribution in [1.82, 2.24) is 0 Å². The number of aliphatic hydroxyl groups is 1. The third-order valence-corrected chi connectivity index (χ3v) is 4.91. The molecule has 1 unspecified atom stereocenters. The number of thioether (sulfide) groups is 1. The molecular weight excluding hydrogens is 272 g/mol. The van der Waals surface area contributed by atoms with Crippen LogP contribution in [0.3, 0.4) is 0 Å². The van der Waals surface area contributed by atoms with Crippen molar-refractivity contribution in [2.24, 2.45) is 0 Å². The van der Waals surface area contributed by atoms with Crippen molar-refractivity contribution in [1.29, 1.82) is 0 Å². The molecule has 5 nitrogen and oxygen atoms in total. The van der Waals surface area contributed by atoms with E-state index in [2.05, 4.69) is 0 Å². The molecule has 0 spiro atoms. The molecule has 0 fully saturated rings. The van der Waals surface area contributed by atoms with Gasteiger partial charge in [-0.25, -0.2) is 0 Å². The van der Waals surface area contributed by atoms with Crippen molar-refractivity contribution < 1.29 is 10.0 Å². The minimum atomic E-state index is -0.674. The second-order valence-electron chi connectivity index (χ2n) is 4.19. The number of rotatable bonds is 6. The minimum absolute atomic E-state index is 0.0753. The van der Waals surface area contributed by atoms with Crippen LogP contribution in [0.5, 0.6) is 0 Å². The maximum absolute atomic E-state index is 11.0. The van der Waals surface area contributed by atoms with E-state index in [-0.39, 0.29) is 16.7 Å². The molecule has 1 N–H and O–H groups in total. The Morgan fingerprint density at radius 3 is 2.67 bits per heavy atom. The van der Waals surface area contributed by atoms with Crippen molar-refractivity contribution >= 4 is 33.8 Å². The number of nitrogens with zero attached hydrogens (tertiary/aromatic N) is 2. The van der Waals surface area contributed by atoms with Gasteiger partial charge in [-0.1, -0.05) is 0 Å². The van der Waals surface area contributed by atoms with E-state index in [1.807, 2.05) is 25.1 Å². The molecule has 2 atom stereocenters. The molecule has 0 saturated heterocycles. The van der Waals surface area contributed by atoms with Gasteiger partial charge in [0.25, 0.3) is 0 Å². The zero-order valence-electron chi connectivity index (χ0n) is 10.9. The summed E-state index contributed by atoms with van der Waals surface area (Å²) in [6.45, 7) is 3.65. The molecule has 0 aliphatic rings. The lowest BCUT2D eigenvalue weighted by molar-refractivity contribution is -0.383. The van der Waals surface area contributed by atoms with Crippen molar-refractivity contribution in [3.05, 3.63) is 21.1 Å². The van der Waals surface area contributed by atoms with Gasteiger partial charge in [0.05, 0.1) is 11.0 Å². The highest BCUT2D eigenvalue weighted by Gasteiger charge is 2.25. The van der Waals surface area contributed by atoms with E-state index in [0.717, 1.165) is 5.75 Å². The summed E-state index contributed by atoms with van der Waals surface area (Å²) in [5, 5.41) is 21.2. The first kappa shape index (κ1) is 15.3. The van der Waals surface area contributed by atoms with Crippen LogP contribution in [-0.4, -0.2) is 35.1 Å². The Bertz CT molecular complexity index is 420. The van der Waals surface area contributed by atoms with Crippen molar-refractivity contribution in [2.45, 2.75) is 26.0 Å². The number of hydrogen-bond acceptors (Lipinski definition) is 6. The standard InChI is InChI=1S/C11H18N2O3S2/c1-7(6-17-4)12(3)11-9(13(15)16)5-10(18-11)8(2)14/h5,7-8,14H,6H2,1-4H3/t7?,8-/m0/s1. The molecule has 1 aromatic rings. The molecule has 0 radical (unpaired) electrons. The number of anilines is 1. The normalized spacial score (nSPS) is 14.3. The highest BCUT2D eigenvalue weighted by atomic mass is 32.2. The topological polar surface area (TPSA) is 66.6 Å². The Hall–Kier alpha value is -0.790. The predicted molar refractivity (Wildman–Crippen MR) is 77.9 cm³/mol. The summed E-state index contributed by atoms with van der Waals surface area (Å²) in [6.07, 6.45) is 1.33. The average molecular weight is 290 g/mol.